The van der Waals surface area contributed by atoms with Gasteiger partial charge in [0.15, 0.2) is 15.8 Å². The van der Waals surface area contributed by atoms with Crippen LogP contribution in [0.2, 0.25) is 0 Å². The number of rotatable bonds is 10. The van der Waals surface area contributed by atoms with E-state index in [2.05, 4.69) is 21.7 Å². The quantitative estimate of drug-likeness (QED) is 0.252. The fourth-order valence-corrected chi connectivity index (χ4v) is 3.80. The predicted molar refractivity (Wildman–Crippen MR) is 138 cm³/mol. The van der Waals surface area contributed by atoms with Gasteiger partial charge in [0.2, 0.25) is 0 Å². The van der Waals surface area contributed by atoms with Crippen LogP contribution < -0.4 is 10.6 Å². The summed E-state index contributed by atoms with van der Waals surface area (Å²) in [5, 5.41) is 6.33. The second-order valence-corrected chi connectivity index (χ2v) is 9.85. The molecule has 2 rings (SSSR count). The number of nitrogens with zero attached hydrogens (tertiary/aromatic N) is 1. The Bertz CT molecular complexity index is 998. The smallest absolute Gasteiger partial charge is 0.191 e. The molecule has 2 N–H and O–H groups in total. The summed E-state index contributed by atoms with van der Waals surface area (Å²) in [4.78, 5) is 4.60. The van der Waals surface area contributed by atoms with Crippen molar-refractivity contribution in [1.29, 1.82) is 0 Å². The molecule has 2 aromatic rings. The molecular weight excluding hydrogens is 544 g/mol. The summed E-state index contributed by atoms with van der Waals surface area (Å²) in [6.07, 6.45) is 1.33. The van der Waals surface area contributed by atoms with Crippen LogP contribution in [0.3, 0.4) is 0 Å². The fraction of sp³-hybridized carbons (Fsp3) is 0.435. The van der Waals surface area contributed by atoms with E-state index in [1.165, 1.54) is 24.5 Å². The van der Waals surface area contributed by atoms with Crippen molar-refractivity contribution in [3.63, 3.8) is 0 Å². The van der Waals surface area contributed by atoms with Crippen molar-refractivity contribution in [3.8, 4) is 0 Å². The Kier molecular flexibility index (Phi) is 12.2. The zero-order chi connectivity index (χ0) is 22.9. The highest BCUT2D eigenvalue weighted by atomic mass is 127. The minimum atomic E-state index is -3.23. The maximum atomic E-state index is 13.7. The molecule has 0 heterocycles. The van der Waals surface area contributed by atoms with Crippen molar-refractivity contribution in [2.24, 2.45) is 4.99 Å². The van der Waals surface area contributed by atoms with E-state index in [4.69, 9.17) is 4.74 Å². The molecule has 0 bridgehead atoms. The molecule has 0 saturated carbocycles. The standard InChI is InChI=1S/C23H32FN3O3S.HI/c1-5-25-23(26-13-18-7-6-8-19(11-18)15-30-17(2)3)27-14-21-12-22(24)10-9-20(21)16-31(4,28)29;/h6-12,17H,5,13-16H2,1-4H3,(H2,25,26,27);1H. The molecule has 0 amide bonds. The molecule has 0 saturated heterocycles. The van der Waals surface area contributed by atoms with Crippen LogP contribution in [0, 0.1) is 5.82 Å². The van der Waals surface area contributed by atoms with E-state index in [0.717, 1.165) is 11.1 Å². The fourth-order valence-electron chi connectivity index (χ4n) is 2.95. The monoisotopic (exact) mass is 577 g/mol. The van der Waals surface area contributed by atoms with Crippen molar-refractivity contribution in [1.82, 2.24) is 10.6 Å². The number of sulfone groups is 1. The first-order valence-corrected chi connectivity index (χ1v) is 12.4. The van der Waals surface area contributed by atoms with Crippen LogP contribution in [0.5, 0.6) is 0 Å². The molecule has 0 aromatic heterocycles. The number of hydrogen-bond donors (Lipinski definition) is 2. The van der Waals surface area contributed by atoms with Gasteiger partial charge in [0.25, 0.3) is 0 Å². The summed E-state index contributed by atoms with van der Waals surface area (Å²) in [6, 6.07) is 12.2. The van der Waals surface area contributed by atoms with E-state index in [9.17, 15) is 12.8 Å². The highest BCUT2D eigenvalue weighted by Crippen LogP contribution is 2.14. The number of hydrogen-bond acceptors (Lipinski definition) is 4. The Balaban J connectivity index is 0.00000512. The lowest BCUT2D eigenvalue weighted by Gasteiger charge is -2.14. The van der Waals surface area contributed by atoms with Crippen molar-refractivity contribution in [3.05, 3.63) is 70.5 Å². The number of aliphatic imine (C=N–C) groups is 1. The number of nitrogens with one attached hydrogen (secondary N) is 2. The molecule has 32 heavy (non-hydrogen) atoms. The summed E-state index contributed by atoms with van der Waals surface area (Å²) in [5.41, 5.74) is 3.30. The third-order valence-corrected chi connectivity index (χ3v) is 5.21. The highest BCUT2D eigenvalue weighted by Gasteiger charge is 2.11. The molecule has 178 valence electrons. The number of ether oxygens (including phenoxy) is 1. The number of halogens is 2. The lowest BCUT2D eigenvalue weighted by atomic mass is 10.1. The Morgan fingerprint density at radius 3 is 2.47 bits per heavy atom. The average molecular weight is 578 g/mol. The van der Waals surface area contributed by atoms with Gasteiger partial charge in [0, 0.05) is 19.3 Å². The number of guanidine groups is 1. The van der Waals surface area contributed by atoms with Gasteiger partial charge in [-0.05, 0) is 55.2 Å². The molecule has 0 atom stereocenters. The molecule has 0 fully saturated rings. The van der Waals surface area contributed by atoms with Crippen molar-refractivity contribution in [2.75, 3.05) is 12.8 Å². The van der Waals surface area contributed by atoms with E-state index in [1.54, 1.807) is 0 Å². The highest BCUT2D eigenvalue weighted by molar-refractivity contribution is 14.0. The maximum absolute atomic E-state index is 13.7. The van der Waals surface area contributed by atoms with Gasteiger partial charge in [-0.2, -0.15) is 0 Å². The lowest BCUT2D eigenvalue weighted by Crippen LogP contribution is -2.37. The van der Waals surface area contributed by atoms with Crippen LogP contribution in [0.4, 0.5) is 4.39 Å². The molecule has 0 radical (unpaired) electrons. The SMILES string of the molecule is CCNC(=NCc1cccc(COC(C)C)c1)NCc1cc(F)ccc1CS(C)(=O)=O.I. The molecule has 0 aliphatic rings. The molecule has 0 aliphatic heterocycles. The second kappa shape index (κ2) is 13.7. The average Bonchev–Trinajstić information content (AvgIpc) is 2.69. The number of benzene rings is 2. The van der Waals surface area contributed by atoms with Crippen LogP contribution in [-0.4, -0.2) is 33.3 Å². The normalized spacial score (nSPS) is 11.9. The van der Waals surface area contributed by atoms with E-state index in [-0.39, 0.29) is 42.4 Å². The van der Waals surface area contributed by atoms with Gasteiger partial charge in [-0.3, -0.25) is 0 Å². The molecule has 6 nitrogen and oxygen atoms in total. The summed E-state index contributed by atoms with van der Waals surface area (Å²) >= 11 is 0. The van der Waals surface area contributed by atoms with Crippen LogP contribution in [0.1, 0.15) is 43.0 Å². The molecule has 0 spiro atoms. The minimum absolute atomic E-state index is 0. The van der Waals surface area contributed by atoms with Crippen LogP contribution in [0.15, 0.2) is 47.5 Å². The molecule has 0 aliphatic carbocycles. The van der Waals surface area contributed by atoms with E-state index in [0.29, 0.717) is 36.8 Å². The predicted octanol–water partition coefficient (Wildman–Crippen LogP) is 4.17. The largest absolute Gasteiger partial charge is 0.374 e. The summed E-state index contributed by atoms with van der Waals surface area (Å²) < 4.78 is 42.8. The van der Waals surface area contributed by atoms with Crippen molar-refractivity contribution in [2.45, 2.75) is 52.3 Å². The topological polar surface area (TPSA) is 79.8 Å². The van der Waals surface area contributed by atoms with Gasteiger partial charge in [-0.1, -0.05) is 30.3 Å². The molecule has 2 aromatic carbocycles. The first-order chi connectivity index (χ1) is 14.7. The van der Waals surface area contributed by atoms with E-state index in [1.807, 2.05) is 39.0 Å². The Hall–Kier alpha value is -1.72. The minimum Gasteiger partial charge on any atom is -0.374 e. The van der Waals surface area contributed by atoms with Crippen LogP contribution in [0.25, 0.3) is 0 Å². The van der Waals surface area contributed by atoms with E-state index >= 15 is 0 Å². The van der Waals surface area contributed by atoms with Gasteiger partial charge >= 0.3 is 0 Å². The van der Waals surface area contributed by atoms with Gasteiger partial charge in [-0.25, -0.2) is 17.8 Å². The summed E-state index contributed by atoms with van der Waals surface area (Å²) in [6.45, 7) is 7.90. The second-order valence-electron chi connectivity index (χ2n) is 7.71. The Morgan fingerprint density at radius 2 is 1.81 bits per heavy atom. The van der Waals surface area contributed by atoms with Gasteiger partial charge < -0.3 is 15.4 Å². The third-order valence-electron chi connectivity index (χ3n) is 4.37. The first kappa shape index (κ1) is 28.3. The Labute approximate surface area is 208 Å². The third kappa shape index (κ3) is 10.7. The molecular formula is C23H33FIN3O3S. The maximum Gasteiger partial charge on any atom is 0.191 e. The summed E-state index contributed by atoms with van der Waals surface area (Å²) in [7, 11) is -3.23. The van der Waals surface area contributed by atoms with Gasteiger partial charge in [0.05, 0.1) is 25.0 Å². The Morgan fingerprint density at radius 1 is 1.09 bits per heavy atom. The van der Waals surface area contributed by atoms with E-state index < -0.39 is 15.7 Å². The zero-order valence-electron chi connectivity index (χ0n) is 19.0. The van der Waals surface area contributed by atoms with Crippen molar-refractivity contribution >= 4 is 39.8 Å². The van der Waals surface area contributed by atoms with Crippen LogP contribution in [-0.2, 0) is 40.0 Å². The first-order valence-electron chi connectivity index (χ1n) is 10.3. The summed E-state index contributed by atoms with van der Waals surface area (Å²) in [5.74, 6) is 0.0285. The molecule has 9 heteroatoms. The molecule has 0 unspecified atom stereocenters. The lowest BCUT2D eigenvalue weighted by molar-refractivity contribution is 0.0657. The van der Waals surface area contributed by atoms with Crippen LogP contribution >= 0.6 is 24.0 Å². The van der Waals surface area contributed by atoms with Gasteiger partial charge in [-0.15, -0.1) is 24.0 Å². The van der Waals surface area contributed by atoms with Gasteiger partial charge in [0.1, 0.15) is 5.82 Å². The van der Waals surface area contributed by atoms with Crippen molar-refractivity contribution < 1.29 is 17.5 Å². The zero-order valence-corrected chi connectivity index (χ0v) is 22.2.